The number of carbonyl (C=O) groups is 1. The van der Waals surface area contributed by atoms with Crippen LogP contribution in [-0.4, -0.2) is 30.8 Å². The number of ether oxygens (including phenoxy) is 2. The number of methoxy groups -OCH3 is 1. The van der Waals surface area contributed by atoms with E-state index in [0.717, 1.165) is 18.4 Å². The van der Waals surface area contributed by atoms with Crippen LogP contribution in [-0.2, 0) is 11.4 Å². The van der Waals surface area contributed by atoms with E-state index in [1.807, 2.05) is 0 Å². The molecule has 0 aliphatic heterocycles. The van der Waals surface area contributed by atoms with E-state index in [9.17, 15) is 4.79 Å². The van der Waals surface area contributed by atoms with Gasteiger partial charge in [-0.2, -0.15) is 0 Å². The highest BCUT2D eigenvalue weighted by Crippen LogP contribution is 2.28. The highest BCUT2D eigenvalue weighted by atomic mass is 16.5. The van der Waals surface area contributed by atoms with Crippen LogP contribution in [0.4, 0.5) is 0 Å². The van der Waals surface area contributed by atoms with E-state index in [4.69, 9.17) is 14.6 Å². The zero-order valence-electron chi connectivity index (χ0n) is 11.0. The molecule has 0 saturated heterocycles. The van der Waals surface area contributed by atoms with Gasteiger partial charge in [-0.25, -0.2) is 0 Å². The zero-order chi connectivity index (χ0) is 13.7. The second-order valence-corrected chi connectivity index (χ2v) is 4.58. The van der Waals surface area contributed by atoms with Gasteiger partial charge in [-0.15, -0.1) is 0 Å². The Morgan fingerprint density at radius 2 is 2.21 bits per heavy atom. The Morgan fingerprint density at radius 3 is 2.84 bits per heavy atom. The number of amides is 1. The molecule has 1 aliphatic rings. The summed E-state index contributed by atoms with van der Waals surface area (Å²) in [4.78, 5) is 11.5. The first-order valence-electron chi connectivity index (χ1n) is 6.43. The van der Waals surface area contributed by atoms with Crippen LogP contribution in [0.15, 0.2) is 18.2 Å². The summed E-state index contributed by atoms with van der Waals surface area (Å²) in [5.41, 5.74) is 0.748. The molecule has 104 valence electrons. The molecule has 2 N–H and O–H groups in total. The predicted octanol–water partition coefficient (Wildman–Crippen LogP) is 1.23. The molecular formula is C14H19NO4. The quantitative estimate of drug-likeness (QED) is 0.778. The number of hydrogen-bond acceptors (Lipinski definition) is 4. The van der Waals surface area contributed by atoms with Gasteiger partial charge in [0.2, 0.25) is 5.91 Å². The Morgan fingerprint density at radius 1 is 1.42 bits per heavy atom. The van der Waals surface area contributed by atoms with E-state index in [0.29, 0.717) is 30.6 Å². The first-order valence-corrected chi connectivity index (χ1v) is 6.43. The number of carbonyl (C=O) groups excluding carboxylic acids is 1. The van der Waals surface area contributed by atoms with Crippen LogP contribution in [0.5, 0.6) is 11.5 Å². The van der Waals surface area contributed by atoms with Gasteiger partial charge in [-0.3, -0.25) is 4.79 Å². The largest absolute Gasteiger partial charge is 0.493 e. The lowest BCUT2D eigenvalue weighted by Gasteiger charge is -2.11. The standard InChI is InChI=1S/C14H19NO4/c1-18-12-5-2-10(9-16)8-13(12)19-7-6-14(17)15-11-3-4-11/h2,5,8,11,16H,3-4,6-7,9H2,1H3,(H,15,17). The van der Waals surface area contributed by atoms with Crippen molar-refractivity contribution in [3.8, 4) is 11.5 Å². The summed E-state index contributed by atoms with van der Waals surface area (Å²) in [5.74, 6) is 1.16. The molecule has 1 fully saturated rings. The van der Waals surface area contributed by atoms with Crippen molar-refractivity contribution in [2.75, 3.05) is 13.7 Å². The summed E-state index contributed by atoms with van der Waals surface area (Å²) in [7, 11) is 1.56. The van der Waals surface area contributed by atoms with Crippen LogP contribution in [0.1, 0.15) is 24.8 Å². The monoisotopic (exact) mass is 265 g/mol. The van der Waals surface area contributed by atoms with Gasteiger partial charge in [0.05, 0.1) is 26.7 Å². The van der Waals surface area contributed by atoms with Crippen molar-refractivity contribution in [2.24, 2.45) is 0 Å². The van der Waals surface area contributed by atoms with Crippen LogP contribution >= 0.6 is 0 Å². The van der Waals surface area contributed by atoms with Crippen molar-refractivity contribution in [2.45, 2.75) is 31.9 Å². The van der Waals surface area contributed by atoms with Gasteiger partial charge < -0.3 is 19.9 Å². The normalized spacial score (nSPS) is 14.0. The zero-order valence-corrected chi connectivity index (χ0v) is 11.0. The van der Waals surface area contributed by atoms with Gasteiger partial charge in [0.25, 0.3) is 0 Å². The molecule has 1 aromatic carbocycles. The molecule has 1 amide bonds. The average molecular weight is 265 g/mol. The summed E-state index contributed by atoms with van der Waals surface area (Å²) in [6.45, 7) is 0.242. The van der Waals surface area contributed by atoms with Gasteiger partial charge in [0.15, 0.2) is 11.5 Å². The SMILES string of the molecule is COc1ccc(CO)cc1OCCC(=O)NC1CC1. The van der Waals surface area contributed by atoms with Crippen LogP contribution in [0.25, 0.3) is 0 Å². The molecule has 1 aromatic rings. The molecule has 0 unspecified atom stereocenters. The van der Waals surface area contributed by atoms with E-state index >= 15 is 0 Å². The number of rotatable bonds is 7. The third-order valence-corrected chi connectivity index (χ3v) is 2.94. The number of aliphatic hydroxyl groups excluding tert-OH is 1. The Hall–Kier alpha value is -1.75. The fourth-order valence-electron chi connectivity index (χ4n) is 1.71. The molecule has 0 bridgehead atoms. The lowest BCUT2D eigenvalue weighted by atomic mass is 10.2. The Balaban J connectivity index is 1.84. The first-order chi connectivity index (χ1) is 9.22. The summed E-state index contributed by atoms with van der Waals surface area (Å²) < 4.78 is 10.7. The predicted molar refractivity (Wildman–Crippen MR) is 70.2 cm³/mol. The second kappa shape index (κ2) is 6.43. The van der Waals surface area contributed by atoms with Gasteiger partial charge in [0, 0.05) is 6.04 Å². The minimum absolute atomic E-state index is 0.0137. The van der Waals surface area contributed by atoms with Crippen molar-refractivity contribution < 1.29 is 19.4 Å². The first kappa shape index (κ1) is 13.7. The van der Waals surface area contributed by atoms with E-state index in [2.05, 4.69) is 5.32 Å². The van der Waals surface area contributed by atoms with Crippen molar-refractivity contribution in [3.05, 3.63) is 23.8 Å². The van der Waals surface area contributed by atoms with Crippen LogP contribution in [0, 0.1) is 0 Å². The molecule has 1 saturated carbocycles. The maximum absolute atomic E-state index is 11.5. The fourth-order valence-corrected chi connectivity index (χ4v) is 1.71. The summed E-state index contributed by atoms with van der Waals surface area (Å²) in [5, 5.41) is 12.0. The Bertz CT molecular complexity index is 443. The van der Waals surface area contributed by atoms with E-state index in [1.54, 1.807) is 25.3 Å². The highest BCUT2D eigenvalue weighted by molar-refractivity contribution is 5.76. The smallest absolute Gasteiger partial charge is 0.223 e. The average Bonchev–Trinajstić information content (AvgIpc) is 3.22. The molecule has 0 atom stereocenters. The van der Waals surface area contributed by atoms with Crippen molar-refractivity contribution in [3.63, 3.8) is 0 Å². The second-order valence-electron chi connectivity index (χ2n) is 4.58. The topological polar surface area (TPSA) is 67.8 Å². The van der Waals surface area contributed by atoms with Crippen LogP contribution < -0.4 is 14.8 Å². The number of hydrogen-bond donors (Lipinski definition) is 2. The Labute approximate surface area is 112 Å². The summed E-state index contributed by atoms with van der Waals surface area (Å²) >= 11 is 0. The maximum atomic E-state index is 11.5. The van der Waals surface area contributed by atoms with E-state index in [1.165, 1.54) is 0 Å². The van der Waals surface area contributed by atoms with E-state index in [-0.39, 0.29) is 12.5 Å². The van der Waals surface area contributed by atoms with Crippen LogP contribution in [0.2, 0.25) is 0 Å². The minimum atomic E-state index is -0.0531. The van der Waals surface area contributed by atoms with Crippen molar-refractivity contribution >= 4 is 5.91 Å². The lowest BCUT2D eigenvalue weighted by Crippen LogP contribution is -2.26. The van der Waals surface area contributed by atoms with Gasteiger partial charge >= 0.3 is 0 Å². The molecule has 5 heteroatoms. The van der Waals surface area contributed by atoms with Crippen LogP contribution in [0.3, 0.4) is 0 Å². The Kier molecular flexibility index (Phi) is 4.63. The number of nitrogens with one attached hydrogen (secondary N) is 1. The fraction of sp³-hybridized carbons (Fsp3) is 0.500. The molecule has 0 heterocycles. The van der Waals surface area contributed by atoms with Crippen molar-refractivity contribution in [1.82, 2.24) is 5.32 Å². The molecule has 1 aliphatic carbocycles. The molecule has 0 aromatic heterocycles. The highest BCUT2D eigenvalue weighted by Gasteiger charge is 2.22. The summed E-state index contributed by atoms with van der Waals surface area (Å²) in [6.07, 6.45) is 2.49. The molecule has 2 rings (SSSR count). The maximum Gasteiger partial charge on any atom is 0.223 e. The van der Waals surface area contributed by atoms with Crippen molar-refractivity contribution in [1.29, 1.82) is 0 Å². The van der Waals surface area contributed by atoms with Gasteiger partial charge in [-0.1, -0.05) is 6.07 Å². The minimum Gasteiger partial charge on any atom is -0.493 e. The molecule has 5 nitrogen and oxygen atoms in total. The molecule has 0 spiro atoms. The van der Waals surface area contributed by atoms with Gasteiger partial charge in [0.1, 0.15) is 0 Å². The third kappa shape index (κ3) is 4.13. The molecular weight excluding hydrogens is 246 g/mol. The number of aliphatic hydroxyl groups is 1. The molecule has 19 heavy (non-hydrogen) atoms. The third-order valence-electron chi connectivity index (χ3n) is 2.94. The number of benzene rings is 1. The summed E-state index contributed by atoms with van der Waals surface area (Å²) in [6, 6.07) is 5.61. The van der Waals surface area contributed by atoms with Gasteiger partial charge in [-0.05, 0) is 30.5 Å². The lowest BCUT2D eigenvalue weighted by molar-refractivity contribution is -0.121. The molecule has 0 radical (unpaired) electrons. The van der Waals surface area contributed by atoms with E-state index < -0.39 is 0 Å².